The summed E-state index contributed by atoms with van der Waals surface area (Å²) in [5, 5.41) is 1.88. The van der Waals surface area contributed by atoms with Gasteiger partial charge in [0.05, 0.1) is 11.5 Å². The third-order valence-electron chi connectivity index (χ3n) is 3.44. The van der Waals surface area contributed by atoms with Crippen molar-refractivity contribution in [2.75, 3.05) is 6.61 Å². The molecule has 0 radical (unpaired) electrons. The summed E-state index contributed by atoms with van der Waals surface area (Å²) in [6.45, 7) is 2.83. The Morgan fingerprint density at radius 3 is 2.52 bits per heavy atom. The van der Waals surface area contributed by atoms with Crippen molar-refractivity contribution < 1.29 is 19.1 Å². The predicted octanol–water partition coefficient (Wildman–Crippen LogP) is 3.99. The molecule has 1 aliphatic heterocycles. The summed E-state index contributed by atoms with van der Waals surface area (Å²) < 4.78 is 11.5. The lowest BCUT2D eigenvalue weighted by atomic mass is 10.2. The maximum Gasteiger partial charge on any atom is 0.290 e. The fourth-order valence-corrected chi connectivity index (χ4v) is 2.99. The maximum atomic E-state index is 11.6. The molecule has 0 atom stereocenters. The predicted molar refractivity (Wildman–Crippen MR) is 97.5 cm³/mol. The number of nitrogens with one attached hydrogen (secondary N) is 1. The van der Waals surface area contributed by atoms with Gasteiger partial charge >= 0.3 is 0 Å². The number of benzene rings is 2. The summed E-state index contributed by atoms with van der Waals surface area (Å²) in [6, 6.07) is 15.3. The van der Waals surface area contributed by atoms with Crippen LogP contribution in [0.1, 0.15) is 18.1 Å². The first-order valence-corrected chi connectivity index (χ1v) is 8.66. The number of carbonyl (C=O) groups is 2. The molecule has 2 aromatic rings. The molecule has 6 heteroatoms. The Hall–Kier alpha value is -2.73. The molecule has 1 N–H and O–H groups in total. The third-order valence-corrected chi connectivity index (χ3v) is 4.26. The van der Waals surface area contributed by atoms with E-state index in [0.29, 0.717) is 29.6 Å². The molecule has 2 aromatic carbocycles. The normalized spacial score (nSPS) is 15.3. The first-order valence-electron chi connectivity index (χ1n) is 7.84. The van der Waals surface area contributed by atoms with Crippen LogP contribution in [0.25, 0.3) is 6.08 Å². The van der Waals surface area contributed by atoms with E-state index in [4.69, 9.17) is 9.47 Å². The minimum Gasteiger partial charge on any atom is -0.490 e. The van der Waals surface area contributed by atoms with E-state index in [9.17, 15) is 9.59 Å². The van der Waals surface area contributed by atoms with E-state index < -0.39 is 0 Å². The molecular formula is C19H17NO4S. The molecule has 1 heterocycles. The summed E-state index contributed by atoms with van der Waals surface area (Å²) >= 11 is 0.889. The molecule has 3 rings (SSSR count). The lowest BCUT2D eigenvalue weighted by Gasteiger charge is -2.13. The van der Waals surface area contributed by atoms with Crippen LogP contribution in [0, 0.1) is 0 Å². The number of imide groups is 1. The molecule has 25 heavy (non-hydrogen) atoms. The van der Waals surface area contributed by atoms with Crippen molar-refractivity contribution in [3.63, 3.8) is 0 Å². The molecule has 2 amide bonds. The zero-order valence-electron chi connectivity index (χ0n) is 13.7. The van der Waals surface area contributed by atoms with E-state index >= 15 is 0 Å². The van der Waals surface area contributed by atoms with Gasteiger partial charge in [0, 0.05) is 0 Å². The van der Waals surface area contributed by atoms with Crippen molar-refractivity contribution in [1.29, 1.82) is 0 Å². The average molecular weight is 355 g/mol. The number of hydrogen-bond donors (Lipinski definition) is 1. The molecule has 128 valence electrons. The van der Waals surface area contributed by atoms with Crippen LogP contribution in [-0.2, 0) is 11.4 Å². The van der Waals surface area contributed by atoms with Crippen molar-refractivity contribution in [3.8, 4) is 11.5 Å². The average Bonchev–Trinajstić information content (AvgIpc) is 2.92. The van der Waals surface area contributed by atoms with Crippen LogP contribution in [0.4, 0.5) is 4.79 Å². The SMILES string of the molecule is CCOc1cc(C=C2SC(=O)NC2=O)ccc1OCc1ccccc1. The first-order chi connectivity index (χ1) is 12.2. The zero-order valence-corrected chi connectivity index (χ0v) is 14.5. The van der Waals surface area contributed by atoms with Gasteiger partial charge in [-0.25, -0.2) is 0 Å². The van der Waals surface area contributed by atoms with Gasteiger partial charge in [0.15, 0.2) is 11.5 Å². The Kier molecular flexibility index (Phi) is 5.40. The van der Waals surface area contributed by atoms with Crippen LogP contribution in [0.2, 0.25) is 0 Å². The van der Waals surface area contributed by atoms with Gasteiger partial charge in [-0.3, -0.25) is 14.9 Å². The summed E-state index contributed by atoms with van der Waals surface area (Å²) in [7, 11) is 0. The monoisotopic (exact) mass is 355 g/mol. The molecule has 0 aromatic heterocycles. The van der Waals surface area contributed by atoms with Crippen LogP contribution in [0.3, 0.4) is 0 Å². The smallest absolute Gasteiger partial charge is 0.290 e. The van der Waals surface area contributed by atoms with Crippen LogP contribution >= 0.6 is 11.8 Å². The molecule has 0 bridgehead atoms. The second kappa shape index (κ2) is 7.90. The number of hydrogen-bond acceptors (Lipinski definition) is 5. The van der Waals surface area contributed by atoms with Crippen LogP contribution in [0.15, 0.2) is 53.4 Å². The van der Waals surface area contributed by atoms with Crippen molar-refractivity contribution in [3.05, 3.63) is 64.6 Å². The largest absolute Gasteiger partial charge is 0.490 e. The van der Waals surface area contributed by atoms with Crippen LogP contribution < -0.4 is 14.8 Å². The van der Waals surface area contributed by atoms with Gasteiger partial charge in [0.1, 0.15) is 6.61 Å². The van der Waals surface area contributed by atoms with E-state index in [1.165, 1.54) is 0 Å². The lowest BCUT2D eigenvalue weighted by Crippen LogP contribution is -2.17. The number of rotatable bonds is 6. The third kappa shape index (κ3) is 4.42. The van der Waals surface area contributed by atoms with E-state index in [-0.39, 0.29) is 11.1 Å². The Morgan fingerprint density at radius 1 is 1.04 bits per heavy atom. The Morgan fingerprint density at radius 2 is 1.84 bits per heavy atom. The summed E-state index contributed by atoms with van der Waals surface area (Å²) in [4.78, 5) is 23.3. The van der Waals surface area contributed by atoms with E-state index in [1.54, 1.807) is 18.2 Å². The van der Waals surface area contributed by atoms with E-state index in [1.807, 2.05) is 43.3 Å². The first kappa shape index (κ1) is 17.1. The minimum absolute atomic E-state index is 0.357. The number of amides is 2. The standard InChI is InChI=1S/C19H17NO4S/c1-2-23-16-10-14(11-17-18(21)20-19(22)25-17)8-9-15(16)24-12-13-6-4-3-5-7-13/h3-11H,2,12H2,1H3,(H,20,21,22). The Bertz CT molecular complexity index is 817. The van der Waals surface area contributed by atoms with Crippen molar-refractivity contribution in [2.45, 2.75) is 13.5 Å². The van der Waals surface area contributed by atoms with Gasteiger partial charge in [-0.15, -0.1) is 0 Å². The number of thioether (sulfide) groups is 1. The molecule has 0 spiro atoms. The summed E-state index contributed by atoms with van der Waals surface area (Å²) in [6.07, 6.45) is 1.66. The summed E-state index contributed by atoms with van der Waals surface area (Å²) in [5.74, 6) is 0.854. The van der Waals surface area contributed by atoms with Crippen LogP contribution in [-0.4, -0.2) is 17.8 Å². The lowest BCUT2D eigenvalue weighted by molar-refractivity contribution is -0.115. The Balaban J connectivity index is 1.79. The molecule has 5 nitrogen and oxygen atoms in total. The molecule has 0 saturated carbocycles. The molecule has 0 unspecified atom stereocenters. The number of carbonyl (C=O) groups excluding carboxylic acids is 2. The molecule has 1 aliphatic rings. The fourth-order valence-electron chi connectivity index (χ4n) is 2.31. The molecule has 0 aliphatic carbocycles. The highest BCUT2D eigenvalue weighted by atomic mass is 32.2. The van der Waals surface area contributed by atoms with Gasteiger partial charge in [-0.2, -0.15) is 0 Å². The molecule has 1 fully saturated rings. The molecular weight excluding hydrogens is 338 g/mol. The zero-order chi connectivity index (χ0) is 17.6. The Labute approximate surface area is 150 Å². The van der Waals surface area contributed by atoms with Crippen molar-refractivity contribution >= 4 is 29.0 Å². The fraction of sp³-hybridized carbons (Fsp3) is 0.158. The van der Waals surface area contributed by atoms with Gasteiger partial charge in [0.25, 0.3) is 11.1 Å². The van der Waals surface area contributed by atoms with Crippen molar-refractivity contribution in [1.82, 2.24) is 5.32 Å². The number of ether oxygens (including phenoxy) is 2. The van der Waals surface area contributed by atoms with Gasteiger partial charge in [-0.05, 0) is 48.0 Å². The second-order valence-corrected chi connectivity index (χ2v) is 6.28. The van der Waals surface area contributed by atoms with Gasteiger partial charge < -0.3 is 9.47 Å². The topological polar surface area (TPSA) is 64.6 Å². The van der Waals surface area contributed by atoms with Crippen LogP contribution in [0.5, 0.6) is 11.5 Å². The van der Waals surface area contributed by atoms with Crippen molar-refractivity contribution in [2.24, 2.45) is 0 Å². The van der Waals surface area contributed by atoms with E-state index in [0.717, 1.165) is 22.9 Å². The second-order valence-electron chi connectivity index (χ2n) is 5.27. The highest BCUT2D eigenvalue weighted by Gasteiger charge is 2.25. The van der Waals surface area contributed by atoms with E-state index in [2.05, 4.69) is 5.32 Å². The van der Waals surface area contributed by atoms with Gasteiger partial charge in [0.2, 0.25) is 0 Å². The summed E-state index contributed by atoms with van der Waals surface area (Å²) in [5.41, 5.74) is 1.83. The molecule has 1 saturated heterocycles. The van der Waals surface area contributed by atoms with Gasteiger partial charge in [-0.1, -0.05) is 36.4 Å². The highest BCUT2D eigenvalue weighted by molar-refractivity contribution is 8.18. The minimum atomic E-state index is -0.377. The maximum absolute atomic E-state index is 11.6. The highest BCUT2D eigenvalue weighted by Crippen LogP contribution is 2.32. The quantitative estimate of drug-likeness (QED) is 0.794.